The summed E-state index contributed by atoms with van der Waals surface area (Å²) in [5.41, 5.74) is 1.88. The molecule has 0 N–H and O–H groups in total. The van der Waals surface area contributed by atoms with Gasteiger partial charge in [0.2, 0.25) is 0 Å². The van der Waals surface area contributed by atoms with Gasteiger partial charge in [0.15, 0.2) is 0 Å². The van der Waals surface area contributed by atoms with Crippen molar-refractivity contribution < 1.29 is 4.74 Å². The van der Waals surface area contributed by atoms with Crippen LogP contribution >= 0.6 is 15.9 Å². The third kappa shape index (κ3) is 1.62. The van der Waals surface area contributed by atoms with Gasteiger partial charge in [-0.1, -0.05) is 0 Å². The van der Waals surface area contributed by atoms with Crippen molar-refractivity contribution in [1.29, 1.82) is 5.26 Å². The van der Waals surface area contributed by atoms with Crippen LogP contribution in [-0.4, -0.2) is 7.11 Å². The Morgan fingerprint density at radius 3 is 2.71 bits per heavy atom. The molecule has 0 saturated heterocycles. The summed E-state index contributed by atoms with van der Waals surface area (Å²) in [6, 6.07) is 6.13. The molecule has 0 radical (unpaired) electrons. The quantitative estimate of drug-likeness (QED) is 0.809. The molecule has 0 heterocycles. The first kappa shape index (κ1) is 9.54. The van der Waals surface area contributed by atoms with Gasteiger partial charge in [0.05, 0.1) is 17.1 Å². The van der Waals surface area contributed by atoms with Crippen LogP contribution in [0.3, 0.4) is 0 Å². The summed E-state index contributed by atoms with van der Waals surface area (Å²) >= 11 is 3.36. The van der Waals surface area contributed by atoms with Crippen molar-refractivity contribution in [2.45, 2.75) is 18.8 Å². The molecule has 2 nitrogen and oxygen atoms in total. The van der Waals surface area contributed by atoms with E-state index in [0.717, 1.165) is 10.2 Å². The van der Waals surface area contributed by atoms with Crippen LogP contribution in [0.2, 0.25) is 0 Å². The number of nitrogens with zero attached hydrogens (tertiary/aromatic N) is 1. The number of hydrogen-bond donors (Lipinski definition) is 0. The number of rotatable bonds is 2. The van der Waals surface area contributed by atoms with E-state index >= 15 is 0 Å². The third-order valence-corrected chi connectivity index (χ3v) is 3.27. The van der Waals surface area contributed by atoms with Gasteiger partial charge in [-0.05, 0) is 52.4 Å². The summed E-state index contributed by atoms with van der Waals surface area (Å²) in [5, 5.41) is 8.93. The zero-order chi connectivity index (χ0) is 10.1. The Balaban J connectivity index is 2.50. The van der Waals surface area contributed by atoms with Crippen LogP contribution in [0.4, 0.5) is 0 Å². The number of nitriles is 1. The number of halogens is 1. The van der Waals surface area contributed by atoms with Crippen molar-refractivity contribution in [2.75, 3.05) is 7.11 Å². The van der Waals surface area contributed by atoms with Gasteiger partial charge in [-0.2, -0.15) is 5.26 Å². The predicted octanol–water partition coefficient (Wildman–Crippen LogP) is 3.21. The first-order chi connectivity index (χ1) is 6.76. The average Bonchev–Trinajstić information content (AvgIpc) is 3.02. The van der Waals surface area contributed by atoms with Crippen LogP contribution in [-0.2, 0) is 0 Å². The lowest BCUT2D eigenvalue weighted by atomic mass is 10.1. The normalized spacial score (nSPS) is 14.9. The van der Waals surface area contributed by atoms with Gasteiger partial charge in [0.1, 0.15) is 11.8 Å². The van der Waals surface area contributed by atoms with Crippen molar-refractivity contribution in [3.8, 4) is 11.8 Å². The van der Waals surface area contributed by atoms with Crippen molar-refractivity contribution >= 4 is 15.9 Å². The van der Waals surface area contributed by atoms with E-state index in [0.29, 0.717) is 11.5 Å². The van der Waals surface area contributed by atoms with Crippen LogP contribution in [0, 0.1) is 11.3 Å². The number of methoxy groups -OCH3 is 1. The van der Waals surface area contributed by atoms with E-state index in [4.69, 9.17) is 10.00 Å². The molecule has 1 aromatic rings. The minimum atomic E-state index is 0.643. The molecule has 0 aliphatic heterocycles. The van der Waals surface area contributed by atoms with Crippen molar-refractivity contribution in [3.05, 3.63) is 27.7 Å². The molecule has 1 aromatic carbocycles. The predicted molar refractivity (Wildman–Crippen MR) is 57.4 cm³/mol. The van der Waals surface area contributed by atoms with Crippen LogP contribution in [0.15, 0.2) is 16.6 Å². The summed E-state index contributed by atoms with van der Waals surface area (Å²) in [4.78, 5) is 0. The molecule has 0 amide bonds. The molecule has 0 spiro atoms. The molecular formula is C11H10BrNO. The average molecular weight is 252 g/mol. The van der Waals surface area contributed by atoms with Gasteiger partial charge in [0.25, 0.3) is 0 Å². The van der Waals surface area contributed by atoms with Crippen LogP contribution in [0.5, 0.6) is 5.75 Å². The van der Waals surface area contributed by atoms with E-state index in [1.165, 1.54) is 18.4 Å². The summed E-state index contributed by atoms with van der Waals surface area (Å²) in [7, 11) is 1.62. The highest BCUT2D eigenvalue weighted by atomic mass is 79.9. The van der Waals surface area contributed by atoms with E-state index in [9.17, 15) is 0 Å². The van der Waals surface area contributed by atoms with Crippen molar-refractivity contribution in [1.82, 2.24) is 0 Å². The molecule has 14 heavy (non-hydrogen) atoms. The molecule has 2 rings (SSSR count). The van der Waals surface area contributed by atoms with Crippen LogP contribution in [0.1, 0.15) is 29.9 Å². The fourth-order valence-corrected chi connectivity index (χ4v) is 1.98. The maximum absolute atomic E-state index is 8.93. The molecule has 1 aliphatic rings. The van der Waals surface area contributed by atoms with E-state index in [1.54, 1.807) is 7.11 Å². The maximum atomic E-state index is 8.93. The van der Waals surface area contributed by atoms with Crippen LogP contribution < -0.4 is 4.74 Å². The summed E-state index contributed by atoms with van der Waals surface area (Å²) in [6.45, 7) is 0. The number of hydrogen-bond acceptors (Lipinski definition) is 2. The summed E-state index contributed by atoms with van der Waals surface area (Å²) in [6.07, 6.45) is 2.46. The highest BCUT2D eigenvalue weighted by Gasteiger charge is 2.25. The van der Waals surface area contributed by atoms with Gasteiger partial charge >= 0.3 is 0 Å². The molecule has 3 heteroatoms. The van der Waals surface area contributed by atoms with Gasteiger partial charge < -0.3 is 4.74 Å². The van der Waals surface area contributed by atoms with E-state index in [2.05, 4.69) is 22.0 Å². The SMILES string of the molecule is COc1cc(C2CC2)cc(C#N)c1Br. The van der Waals surface area contributed by atoms with Crippen LogP contribution in [0.25, 0.3) is 0 Å². The van der Waals surface area contributed by atoms with Gasteiger partial charge in [-0.15, -0.1) is 0 Å². The zero-order valence-electron chi connectivity index (χ0n) is 7.88. The van der Waals surface area contributed by atoms with E-state index in [1.807, 2.05) is 12.1 Å². The molecule has 72 valence electrons. The molecule has 0 bridgehead atoms. The first-order valence-electron chi connectivity index (χ1n) is 4.53. The van der Waals surface area contributed by atoms with Crippen molar-refractivity contribution in [3.63, 3.8) is 0 Å². The smallest absolute Gasteiger partial charge is 0.134 e. The second-order valence-corrected chi connectivity index (χ2v) is 4.26. The standard InChI is InChI=1S/C11H10BrNO/c1-14-10-5-8(7-2-3-7)4-9(6-13)11(10)12/h4-5,7H,2-3H2,1H3. The second kappa shape index (κ2) is 3.62. The number of ether oxygens (including phenoxy) is 1. The molecule has 1 fully saturated rings. The molecule has 0 unspecified atom stereocenters. The van der Waals surface area contributed by atoms with Gasteiger partial charge in [-0.25, -0.2) is 0 Å². The minimum absolute atomic E-state index is 0.643. The Hall–Kier alpha value is -1.01. The maximum Gasteiger partial charge on any atom is 0.134 e. The zero-order valence-corrected chi connectivity index (χ0v) is 9.47. The molecule has 1 aliphatic carbocycles. The Bertz CT molecular complexity index is 404. The highest BCUT2D eigenvalue weighted by Crippen LogP contribution is 2.43. The molecular weight excluding hydrogens is 242 g/mol. The first-order valence-corrected chi connectivity index (χ1v) is 5.33. The summed E-state index contributed by atoms with van der Waals surface area (Å²) in [5.74, 6) is 1.40. The summed E-state index contributed by atoms with van der Waals surface area (Å²) < 4.78 is 5.96. The van der Waals surface area contributed by atoms with Gasteiger partial charge in [-0.3, -0.25) is 0 Å². The van der Waals surface area contributed by atoms with E-state index < -0.39 is 0 Å². The molecule has 1 saturated carbocycles. The molecule has 0 atom stereocenters. The fourth-order valence-electron chi connectivity index (χ4n) is 1.50. The third-order valence-electron chi connectivity index (χ3n) is 2.45. The second-order valence-electron chi connectivity index (χ2n) is 3.47. The Kier molecular flexibility index (Phi) is 2.47. The lowest BCUT2D eigenvalue weighted by Gasteiger charge is -2.07. The lowest BCUT2D eigenvalue weighted by molar-refractivity contribution is 0.411. The lowest BCUT2D eigenvalue weighted by Crippen LogP contribution is -1.91. The Labute approximate surface area is 91.6 Å². The number of benzene rings is 1. The Morgan fingerprint density at radius 2 is 2.21 bits per heavy atom. The monoisotopic (exact) mass is 251 g/mol. The fraction of sp³-hybridized carbons (Fsp3) is 0.364. The van der Waals surface area contributed by atoms with Gasteiger partial charge in [0, 0.05) is 0 Å². The van der Waals surface area contributed by atoms with Crippen molar-refractivity contribution in [2.24, 2.45) is 0 Å². The highest BCUT2D eigenvalue weighted by molar-refractivity contribution is 9.10. The Morgan fingerprint density at radius 1 is 1.50 bits per heavy atom. The topological polar surface area (TPSA) is 33.0 Å². The van der Waals surface area contributed by atoms with E-state index in [-0.39, 0.29) is 0 Å². The largest absolute Gasteiger partial charge is 0.496 e. The minimum Gasteiger partial charge on any atom is -0.496 e. The molecule has 0 aromatic heterocycles.